The number of carbonyl (C=O) groups is 1. The first-order chi connectivity index (χ1) is 9.79. The zero-order chi connectivity index (χ0) is 13.9. The van der Waals surface area contributed by atoms with Crippen LogP contribution in [0.2, 0.25) is 0 Å². The highest BCUT2D eigenvalue weighted by molar-refractivity contribution is 5.85. The third-order valence-electron chi connectivity index (χ3n) is 4.39. The molecular formula is C16H22N2O2. The third-order valence-corrected chi connectivity index (χ3v) is 4.39. The van der Waals surface area contributed by atoms with Crippen LogP contribution in [0, 0.1) is 5.92 Å². The van der Waals surface area contributed by atoms with E-state index in [-0.39, 0.29) is 11.8 Å². The first-order valence-corrected chi connectivity index (χ1v) is 7.36. The van der Waals surface area contributed by atoms with E-state index in [2.05, 4.69) is 17.4 Å². The fourth-order valence-corrected chi connectivity index (χ4v) is 3.34. The predicted molar refractivity (Wildman–Crippen MR) is 77.5 cm³/mol. The molecule has 0 saturated carbocycles. The molecule has 0 aromatic heterocycles. The van der Waals surface area contributed by atoms with Crippen molar-refractivity contribution in [3.8, 4) is 0 Å². The van der Waals surface area contributed by atoms with Crippen LogP contribution in [0.4, 0.5) is 0 Å². The Morgan fingerprint density at radius 2 is 2.30 bits per heavy atom. The molecule has 0 aliphatic carbocycles. The lowest BCUT2D eigenvalue weighted by molar-refractivity contribution is -0.132. The van der Waals surface area contributed by atoms with Gasteiger partial charge in [0, 0.05) is 39.2 Å². The van der Waals surface area contributed by atoms with Crippen LogP contribution >= 0.6 is 0 Å². The normalized spacial score (nSPS) is 25.6. The maximum Gasteiger partial charge on any atom is 0.231 e. The Morgan fingerprint density at radius 1 is 1.45 bits per heavy atom. The molecule has 2 unspecified atom stereocenters. The molecule has 1 fully saturated rings. The van der Waals surface area contributed by atoms with E-state index in [0.29, 0.717) is 5.92 Å². The van der Waals surface area contributed by atoms with Crippen LogP contribution in [0.25, 0.3) is 0 Å². The van der Waals surface area contributed by atoms with E-state index < -0.39 is 0 Å². The predicted octanol–water partition coefficient (Wildman–Crippen LogP) is 1.37. The topological polar surface area (TPSA) is 41.6 Å². The molecule has 2 atom stereocenters. The number of fused-ring (bicyclic) bond motifs is 1. The van der Waals surface area contributed by atoms with Crippen LogP contribution < -0.4 is 5.32 Å². The quantitative estimate of drug-likeness (QED) is 0.905. The number of carbonyl (C=O) groups excluding carboxylic acids is 1. The van der Waals surface area contributed by atoms with Crippen LogP contribution in [0.3, 0.4) is 0 Å². The van der Waals surface area contributed by atoms with Gasteiger partial charge in [0.25, 0.3) is 0 Å². The van der Waals surface area contributed by atoms with E-state index in [9.17, 15) is 4.79 Å². The van der Waals surface area contributed by atoms with Gasteiger partial charge in [0.1, 0.15) is 0 Å². The maximum absolute atomic E-state index is 12.8. The van der Waals surface area contributed by atoms with E-state index in [1.807, 2.05) is 17.0 Å². The van der Waals surface area contributed by atoms with Crippen LogP contribution in [0.15, 0.2) is 24.3 Å². The lowest BCUT2D eigenvalue weighted by atomic mass is 9.90. The first kappa shape index (κ1) is 13.6. The first-order valence-electron chi connectivity index (χ1n) is 7.36. The monoisotopic (exact) mass is 274 g/mol. The fraction of sp³-hybridized carbons (Fsp3) is 0.562. The molecule has 4 nitrogen and oxygen atoms in total. The summed E-state index contributed by atoms with van der Waals surface area (Å²) in [6.45, 7) is 4.08. The number of hydrogen-bond acceptors (Lipinski definition) is 3. The average molecular weight is 274 g/mol. The summed E-state index contributed by atoms with van der Waals surface area (Å²) in [5.74, 6) is 0.736. The number of benzene rings is 1. The summed E-state index contributed by atoms with van der Waals surface area (Å²) in [4.78, 5) is 14.8. The Kier molecular flexibility index (Phi) is 4.03. The zero-order valence-corrected chi connectivity index (χ0v) is 12.0. The average Bonchev–Trinajstić information content (AvgIpc) is 2.95. The Hall–Kier alpha value is -1.39. The Bertz CT molecular complexity index is 489. The summed E-state index contributed by atoms with van der Waals surface area (Å²) in [5, 5.41) is 3.36. The number of rotatable bonds is 3. The van der Waals surface area contributed by atoms with Gasteiger partial charge < -0.3 is 15.0 Å². The molecule has 3 rings (SSSR count). The molecule has 108 valence electrons. The van der Waals surface area contributed by atoms with Gasteiger partial charge >= 0.3 is 0 Å². The van der Waals surface area contributed by atoms with Crippen LogP contribution in [-0.2, 0) is 16.1 Å². The van der Waals surface area contributed by atoms with Gasteiger partial charge in [0.05, 0.1) is 12.5 Å². The van der Waals surface area contributed by atoms with E-state index in [1.165, 1.54) is 11.1 Å². The van der Waals surface area contributed by atoms with E-state index >= 15 is 0 Å². The number of amides is 1. The minimum absolute atomic E-state index is 0.0266. The van der Waals surface area contributed by atoms with Crippen molar-refractivity contribution in [2.75, 3.05) is 33.4 Å². The summed E-state index contributed by atoms with van der Waals surface area (Å²) < 4.78 is 5.21. The number of hydrogen-bond donors (Lipinski definition) is 1. The molecule has 4 heteroatoms. The molecule has 20 heavy (non-hydrogen) atoms. The van der Waals surface area contributed by atoms with Gasteiger partial charge in [0.15, 0.2) is 0 Å². The van der Waals surface area contributed by atoms with E-state index in [1.54, 1.807) is 7.11 Å². The number of nitrogens with one attached hydrogen (secondary N) is 1. The van der Waals surface area contributed by atoms with Crippen molar-refractivity contribution in [2.24, 2.45) is 5.92 Å². The third kappa shape index (κ3) is 2.58. The van der Waals surface area contributed by atoms with Crippen molar-refractivity contribution in [2.45, 2.75) is 18.9 Å². The van der Waals surface area contributed by atoms with Gasteiger partial charge in [-0.3, -0.25) is 4.79 Å². The number of methoxy groups -OCH3 is 1. The van der Waals surface area contributed by atoms with Gasteiger partial charge in [-0.15, -0.1) is 0 Å². The molecule has 0 spiro atoms. The van der Waals surface area contributed by atoms with Gasteiger partial charge in [-0.1, -0.05) is 24.3 Å². The second-order valence-electron chi connectivity index (χ2n) is 5.78. The smallest absolute Gasteiger partial charge is 0.231 e. The number of nitrogens with zero attached hydrogens (tertiary/aromatic N) is 1. The van der Waals surface area contributed by atoms with Crippen molar-refractivity contribution in [3.05, 3.63) is 35.4 Å². The van der Waals surface area contributed by atoms with Gasteiger partial charge in [-0.05, 0) is 17.5 Å². The molecule has 0 bridgehead atoms. The summed E-state index contributed by atoms with van der Waals surface area (Å²) in [5.41, 5.74) is 2.45. The minimum Gasteiger partial charge on any atom is -0.384 e. The SMILES string of the molecule is COCC1CCN(C(=O)C2CNCc3ccccc32)C1. The highest BCUT2D eigenvalue weighted by Gasteiger charge is 2.33. The maximum atomic E-state index is 12.8. The van der Waals surface area contributed by atoms with Gasteiger partial charge in [0.2, 0.25) is 5.91 Å². The van der Waals surface area contributed by atoms with Gasteiger partial charge in [-0.2, -0.15) is 0 Å². The molecule has 1 aromatic rings. The van der Waals surface area contributed by atoms with E-state index in [0.717, 1.165) is 39.2 Å². The van der Waals surface area contributed by atoms with Crippen LogP contribution in [0.1, 0.15) is 23.5 Å². The minimum atomic E-state index is -0.0266. The van der Waals surface area contributed by atoms with Crippen molar-refractivity contribution < 1.29 is 9.53 Å². The number of ether oxygens (including phenoxy) is 1. The van der Waals surface area contributed by atoms with Crippen molar-refractivity contribution in [3.63, 3.8) is 0 Å². The highest BCUT2D eigenvalue weighted by atomic mass is 16.5. The Labute approximate surface area is 120 Å². The molecule has 2 aliphatic heterocycles. The summed E-state index contributed by atoms with van der Waals surface area (Å²) in [6, 6.07) is 8.28. The van der Waals surface area contributed by atoms with Crippen molar-refractivity contribution in [1.82, 2.24) is 10.2 Å². The van der Waals surface area contributed by atoms with Crippen molar-refractivity contribution >= 4 is 5.91 Å². The Balaban J connectivity index is 1.73. The van der Waals surface area contributed by atoms with Crippen molar-refractivity contribution in [1.29, 1.82) is 0 Å². The fourth-order valence-electron chi connectivity index (χ4n) is 3.34. The van der Waals surface area contributed by atoms with Gasteiger partial charge in [-0.25, -0.2) is 0 Å². The van der Waals surface area contributed by atoms with Crippen LogP contribution in [-0.4, -0.2) is 44.2 Å². The summed E-state index contributed by atoms with van der Waals surface area (Å²) >= 11 is 0. The molecule has 1 aromatic carbocycles. The standard InChI is InChI=1S/C16H22N2O2/c1-20-11-12-6-7-18(10-12)16(19)15-9-17-8-13-4-2-3-5-14(13)15/h2-5,12,15,17H,6-11H2,1H3. The van der Waals surface area contributed by atoms with Crippen LogP contribution in [0.5, 0.6) is 0 Å². The largest absolute Gasteiger partial charge is 0.384 e. The molecule has 2 heterocycles. The Morgan fingerprint density at radius 3 is 3.15 bits per heavy atom. The second-order valence-corrected chi connectivity index (χ2v) is 5.78. The molecule has 1 amide bonds. The summed E-state index contributed by atoms with van der Waals surface area (Å²) in [6.07, 6.45) is 1.06. The highest BCUT2D eigenvalue weighted by Crippen LogP contribution is 2.28. The molecule has 1 N–H and O–H groups in total. The molecular weight excluding hydrogens is 252 g/mol. The lowest BCUT2D eigenvalue weighted by Crippen LogP contribution is -2.40. The molecule has 2 aliphatic rings. The number of likely N-dealkylation sites (tertiary alicyclic amines) is 1. The lowest BCUT2D eigenvalue weighted by Gasteiger charge is -2.29. The molecule has 0 radical (unpaired) electrons. The zero-order valence-electron chi connectivity index (χ0n) is 12.0. The summed E-state index contributed by atoms with van der Waals surface area (Å²) in [7, 11) is 1.73. The second kappa shape index (κ2) is 5.94. The van der Waals surface area contributed by atoms with E-state index in [4.69, 9.17) is 4.74 Å². The molecule has 1 saturated heterocycles.